The van der Waals surface area contributed by atoms with E-state index in [1.165, 1.54) is 37.7 Å². The van der Waals surface area contributed by atoms with E-state index in [9.17, 15) is 0 Å². The van der Waals surface area contributed by atoms with Crippen molar-refractivity contribution in [1.29, 1.82) is 0 Å². The van der Waals surface area contributed by atoms with Gasteiger partial charge in [0.15, 0.2) is 0 Å². The van der Waals surface area contributed by atoms with Crippen molar-refractivity contribution in [2.75, 3.05) is 6.61 Å². The lowest BCUT2D eigenvalue weighted by Gasteiger charge is -2.35. The van der Waals surface area contributed by atoms with Crippen LogP contribution in [-0.2, 0) is 15.9 Å². The first-order valence-corrected chi connectivity index (χ1v) is 8.07. The number of rotatable bonds is 4. The van der Waals surface area contributed by atoms with Crippen molar-refractivity contribution in [2.45, 2.75) is 69.7 Å². The molecule has 2 aliphatic heterocycles. The SMILES string of the molecule is C[C@@]1(C[C@@H]2CCC[C@@H](Cc3ccccc3)O2)CCCO1. The van der Waals surface area contributed by atoms with Crippen molar-refractivity contribution in [1.82, 2.24) is 0 Å². The third kappa shape index (κ3) is 3.62. The zero-order valence-electron chi connectivity index (χ0n) is 12.5. The molecule has 0 N–H and O–H groups in total. The Morgan fingerprint density at radius 3 is 2.65 bits per heavy atom. The van der Waals surface area contributed by atoms with E-state index in [1.807, 2.05) is 0 Å². The molecule has 2 nitrogen and oxygen atoms in total. The van der Waals surface area contributed by atoms with Gasteiger partial charge in [0.25, 0.3) is 0 Å². The van der Waals surface area contributed by atoms with E-state index in [0.717, 1.165) is 19.4 Å². The number of ether oxygens (including phenoxy) is 2. The quantitative estimate of drug-likeness (QED) is 0.822. The van der Waals surface area contributed by atoms with Gasteiger partial charge in [0.1, 0.15) is 0 Å². The molecule has 0 unspecified atom stereocenters. The van der Waals surface area contributed by atoms with Gasteiger partial charge in [-0.1, -0.05) is 30.3 Å². The third-order valence-corrected chi connectivity index (χ3v) is 4.70. The highest BCUT2D eigenvalue weighted by atomic mass is 16.5. The van der Waals surface area contributed by atoms with Gasteiger partial charge in [-0.25, -0.2) is 0 Å². The van der Waals surface area contributed by atoms with Crippen LogP contribution in [0, 0.1) is 0 Å². The second-order valence-electron chi connectivity index (χ2n) is 6.61. The summed E-state index contributed by atoms with van der Waals surface area (Å²) < 4.78 is 12.3. The van der Waals surface area contributed by atoms with Gasteiger partial charge < -0.3 is 9.47 Å². The molecule has 1 aromatic carbocycles. The molecule has 0 aliphatic carbocycles. The van der Waals surface area contributed by atoms with Crippen LogP contribution in [0.3, 0.4) is 0 Å². The largest absolute Gasteiger partial charge is 0.375 e. The second-order valence-corrected chi connectivity index (χ2v) is 6.61. The van der Waals surface area contributed by atoms with Gasteiger partial charge in [-0.2, -0.15) is 0 Å². The van der Waals surface area contributed by atoms with E-state index in [0.29, 0.717) is 12.2 Å². The Kier molecular flexibility index (Phi) is 4.42. The zero-order valence-corrected chi connectivity index (χ0v) is 12.5. The topological polar surface area (TPSA) is 18.5 Å². The summed E-state index contributed by atoms with van der Waals surface area (Å²) in [5, 5.41) is 0. The maximum Gasteiger partial charge on any atom is 0.0680 e. The standard InChI is InChI=1S/C18H26O2/c1-18(11-6-12-19-18)14-17-10-5-9-16(20-17)13-15-7-3-2-4-8-15/h2-4,7-8,16-17H,5-6,9-14H2,1H3/t16-,17-,18-/m0/s1. The maximum absolute atomic E-state index is 6.34. The molecule has 2 heterocycles. The Morgan fingerprint density at radius 2 is 1.90 bits per heavy atom. The molecule has 3 atom stereocenters. The monoisotopic (exact) mass is 274 g/mol. The summed E-state index contributed by atoms with van der Waals surface area (Å²) in [6.07, 6.45) is 8.98. The summed E-state index contributed by atoms with van der Waals surface area (Å²) in [7, 11) is 0. The highest BCUT2D eigenvalue weighted by Crippen LogP contribution is 2.34. The Balaban J connectivity index is 1.54. The third-order valence-electron chi connectivity index (χ3n) is 4.70. The Hall–Kier alpha value is -0.860. The molecular weight excluding hydrogens is 248 g/mol. The molecule has 2 saturated heterocycles. The van der Waals surface area contributed by atoms with Gasteiger partial charge in [-0.3, -0.25) is 0 Å². The highest BCUT2D eigenvalue weighted by Gasteiger charge is 2.35. The minimum absolute atomic E-state index is 0.0688. The molecule has 0 bridgehead atoms. The first kappa shape index (κ1) is 14.1. The summed E-state index contributed by atoms with van der Waals surface area (Å²) in [6.45, 7) is 3.18. The molecule has 0 radical (unpaired) electrons. The van der Waals surface area contributed by atoms with Crippen molar-refractivity contribution in [3.8, 4) is 0 Å². The average Bonchev–Trinajstić information content (AvgIpc) is 2.87. The first-order valence-electron chi connectivity index (χ1n) is 8.07. The molecule has 0 spiro atoms. The fraction of sp³-hybridized carbons (Fsp3) is 0.667. The van der Waals surface area contributed by atoms with Gasteiger partial charge >= 0.3 is 0 Å². The number of hydrogen-bond acceptors (Lipinski definition) is 2. The fourth-order valence-electron chi connectivity index (χ4n) is 3.64. The summed E-state index contributed by atoms with van der Waals surface area (Å²) in [5.41, 5.74) is 1.46. The highest BCUT2D eigenvalue weighted by molar-refractivity contribution is 5.15. The van der Waals surface area contributed by atoms with E-state index in [1.54, 1.807) is 0 Å². The Morgan fingerprint density at radius 1 is 1.10 bits per heavy atom. The molecule has 2 fully saturated rings. The Bertz CT molecular complexity index is 409. The molecule has 0 saturated carbocycles. The normalized spacial score (nSPS) is 34.2. The average molecular weight is 274 g/mol. The van der Waals surface area contributed by atoms with E-state index in [-0.39, 0.29) is 5.60 Å². The van der Waals surface area contributed by atoms with Crippen LogP contribution in [0.4, 0.5) is 0 Å². The molecule has 3 rings (SSSR count). The van der Waals surface area contributed by atoms with Crippen molar-refractivity contribution in [3.63, 3.8) is 0 Å². The van der Waals surface area contributed by atoms with Gasteiger partial charge in [-0.15, -0.1) is 0 Å². The van der Waals surface area contributed by atoms with Crippen LogP contribution in [-0.4, -0.2) is 24.4 Å². The summed E-state index contributed by atoms with van der Waals surface area (Å²) in [6, 6.07) is 10.7. The lowest BCUT2D eigenvalue weighted by molar-refractivity contribution is -0.0930. The number of benzene rings is 1. The molecule has 20 heavy (non-hydrogen) atoms. The molecule has 110 valence electrons. The molecule has 0 amide bonds. The van der Waals surface area contributed by atoms with Crippen molar-refractivity contribution in [3.05, 3.63) is 35.9 Å². The van der Waals surface area contributed by atoms with Gasteiger partial charge in [0.2, 0.25) is 0 Å². The van der Waals surface area contributed by atoms with Crippen molar-refractivity contribution >= 4 is 0 Å². The van der Waals surface area contributed by atoms with Crippen LogP contribution >= 0.6 is 0 Å². The molecular formula is C18H26O2. The summed E-state index contributed by atoms with van der Waals surface area (Å²) >= 11 is 0. The van der Waals surface area contributed by atoms with Crippen LogP contribution in [0.15, 0.2) is 30.3 Å². The minimum atomic E-state index is 0.0688. The molecule has 2 aliphatic rings. The predicted molar refractivity (Wildman–Crippen MR) is 80.9 cm³/mol. The van der Waals surface area contributed by atoms with Gasteiger partial charge in [0.05, 0.1) is 17.8 Å². The lowest BCUT2D eigenvalue weighted by atomic mass is 9.90. The zero-order chi connectivity index (χ0) is 13.8. The van der Waals surface area contributed by atoms with E-state index >= 15 is 0 Å². The minimum Gasteiger partial charge on any atom is -0.375 e. The van der Waals surface area contributed by atoms with Crippen LogP contribution in [0.2, 0.25) is 0 Å². The first-order chi connectivity index (χ1) is 9.73. The smallest absolute Gasteiger partial charge is 0.0680 e. The van der Waals surface area contributed by atoms with Crippen LogP contribution < -0.4 is 0 Å². The maximum atomic E-state index is 6.34. The van der Waals surface area contributed by atoms with E-state index in [4.69, 9.17) is 9.47 Å². The van der Waals surface area contributed by atoms with Gasteiger partial charge in [-0.05, 0) is 51.0 Å². The van der Waals surface area contributed by atoms with Crippen molar-refractivity contribution < 1.29 is 9.47 Å². The van der Waals surface area contributed by atoms with Crippen LogP contribution in [0.1, 0.15) is 51.0 Å². The van der Waals surface area contributed by atoms with Gasteiger partial charge in [0, 0.05) is 13.0 Å². The Labute approximate surface area is 122 Å². The van der Waals surface area contributed by atoms with E-state index < -0.39 is 0 Å². The van der Waals surface area contributed by atoms with E-state index in [2.05, 4.69) is 37.3 Å². The van der Waals surface area contributed by atoms with Crippen molar-refractivity contribution in [2.24, 2.45) is 0 Å². The second kappa shape index (κ2) is 6.28. The van der Waals surface area contributed by atoms with Crippen LogP contribution in [0.25, 0.3) is 0 Å². The lowest BCUT2D eigenvalue weighted by Crippen LogP contribution is -2.36. The predicted octanol–water partition coefficient (Wildman–Crippen LogP) is 4.13. The summed E-state index contributed by atoms with van der Waals surface area (Å²) in [5.74, 6) is 0. The fourth-order valence-corrected chi connectivity index (χ4v) is 3.64. The molecule has 2 heteroatoms. The molecule has 1 aromatic rings. The van der Waals surface area contributed by atoms with Crippen LogP contribution in [0.5, 0.6) is 0 Å². The molecule has 0 aromatic heterocycles. The number of hydrogen-bond donors (Lipinski definition) is 0. The summed E-state index contributed by atoms with van der Waals surface area (Å²) in [4.78, 5) is 0.